The van der Waals surface area contributed by atoms with Crippen LogP contribution in [0.1, 0.15) is 25.3 Å². The van der Waals surface area contributed by atoms with Crippen LogP contribution >= 0.6 is 11.6 Å². The molecule has 0 saturated carbocycles. The Morgan fingerprint density at radius 3 is 2.87 bits per heavy atom. The molecule has 8 heteroatoms. The Morgan fingerprint density at radius 1 is 1.52 bits per heavy atom. The van der Waals surface area contributed by atoms with Gasteiger partial charge >= 0.3 is 5.97 Å². The minimum atomic E-state index is -3.76. The summed E-state index contributed by atoms with van der Waals surface area (Å²) in [5.41, 5.74) is 0.216. The van der Waals surface area contributed by atoms with Crippen LogP contribution < -0.4 is 0 Å². The Labute approximate surface area is 140 Å². The third kappa shape index (κ3) is 3.83. The average Bonchev–Trinajstić information content (AvgIpc) is 2.55. The first-order valence-electron chi connectivity index (χ1n) is 7.26. The third-order valence-corrected chi connectivity index (χ3v) is 5.88. The van der Waals surface area contributed by atoms with Crippen LogP contribution in [0.4, 0.5) is 0 Å². The van der Waals surface area contributed by atoms with Crippen molar-refractivity contribution in [2.24, 2.45) is 5.92 Å². The summed E-state index contributed by atoms with van der Waals surface area (Å²) in [6, 6.07) is 5.89. The van der Waals surface area contributed by atoms with E-state index in [2.05, 4.69) is 0 Å². The van der Waals surface area contributed by atoms with E-state index in [1.807, 2.05) is 6.07 Å². The first kappa shape index (κ1) is 17.7. The summed E-state index contributed by atoms with van der Waals surface area (Å²) in [4.78, 5) is 11.9. The molecule has 6 nitrogen and oxygen atoms in total. The summed E-state index contributed by atoms with van der Waals surface area (Å²) in [6.07, 6.45) is 1.20. The van der Waals surface area contributed by atoms with E-state index in [9.17, 15) is 13.2 Å². The smallest absolute Gasteiger partial charge is 0.310 e. The summed E-state index contributed by atoms with van der Waals surface area (Å²) in [5.74, 6) is -0.822. The highest BCUT2D eigenvalue weighted by atomic mass is 35.5. The molecule has 1 fully saturated rings. The van der Waals surface area contributed by atoms with E-state index >= 15 is 0 Å². The van der Waals surface area contributed by atoms with Crippen LogP contribution in [0.5, 0.6) is 0 Å². The van der Waals surface area contributed by atoms with Gasteiger partial charge in [0.1, 0.15) is 6.07 Å². The quantitative estimate of drug-likeness (QED) is 0.771. The van der Waals surface area contributed by atoms with Crippen LogP contribution in [-0.2, 0) is 19.6 Å². The van der Waals surface area contributed by atoms with Gasteiger partial charge in [-0.2, -0.15) is 9.57 Å². The molecule has 1 unspecified atom stereocenters. The second kappa shape index (κ2) is 7.30. The molecule has 0 spiro atoms. The van der Waals surface area contributed by atoms with Gasteiger partial charge in [-0.1, -0.05) is 11.6 Å². The number of ether oxygens (including phenoxy) is 1. The SMILES string of the molecule is CCOC(=O)C1CCCN(S(=O)(=O)c2ccc(C#N)c(Cl)c2)C1. The van der Waals surface area contributed by atoms with Gasteiger partial charge in [0.05, 0.1) is 28.0 Å². The van der Waals surface area contributed by atoms with Crippen LogP contribution in [0.15, 0.2) is 23.1 Å². The first-order chi connectivity index (χ1) is 10.9. The van der Waals surface area contributed by atoms with Gasteiger partial charge in [0, 0.05) is 13.1 Å². The molecule has 1 aromatic carbocycles. The number of carbonyl (C=O) groups excluding carboxylic acids is 1. The molecule has 2 rings (SSSR count). The molecule has 23 heavy (non-hydrogen) atoms. The van der Waals surface area contributed by atoms with Crippen LogP contribution in [0.2, 0.25) is 5.02 Å². The van der Waals surface area contributed by atoms with E-state index in [1.54, 1.807) is 6.92 Å². The molecule has 1 aromatic rings. The molecule has 1 saturated heterocycles. The fourth-order valence-electron chi connectivity index (χ4n) is 2.51. The van der Waals surface area contributed by atoms with Crippen molar-refractivity contribution in [3.63, 3.8) is 0 Å². The van der Waals surface area contributed by atoms with Crippen LogP contribution in [0.3, 0.4) is 0 Å². The predicted octanol–water partition coefficient (Wildman–Crippen LogP) is 2.18. The van der Waals surface area contributed by atoms with Gasteiger partial charge < -0.3 is 4.74 Å². The van der Waals surface area contributed by atoms with E-state index in [0.29, 0.717) is 19.4 Å². The van der Waals surface area contributed by atoms with Gasteiger partial charge in [-0.15, -0.1) is 0 Å². The van der Waals surface area contributed by atoms with Gasteiger partial charge in [-0.05, 0) is 38.0 Å². The normalized spacial score (nSPS) is 19.1. The zero-order chi connectivity index (χ0) is 17.0. The Hall–Kier alpha value is -1.62. The van der Waals surface area contributed by atoms with E-state index in [1.165, 1.54) is 22.5 Å². The number of sulfonamides is 1. The van der Waals surface area contributed by atoms with Crippen molar-refractivity contribution in [1.82, 2.24) is 4.31 Å². The minimum Gasteiger partial charge on any atom is -0.466 e. The first-order valence-corrected chi connectivity index (χ1v) is 9.08. The number of piperidine rings is 1. The number of carbonyl (C=O) groups is 1. The number of esters is 1. The average molecular weight is 357 g/mol. The lowest BCUT2D eigenvalue weighted by molar-refractivity contribution is -0.149. The largest absolute Gasteiger partial charge is 0.466 e. The predicted molar refractivity (Wildman–Crippen MR) is 84.3 cm³/mol. The van der Waals surface area contributed by atoms with Crippen molar-refractivity contribution in [3.05, 3.63) is 28.8 Å². The number of rotatable bonds is 4. The Morgan fingerprint density at radius 2 is 2.26 bits per heavy atom. The fourth-order valence-corrected chi connectivity index (χ4v) is 4.35. The number of hydrogen-bond donors (Lipinski definition) is 0. The maximum Gasteiger partial charge on any atom is 0.310 e. The van der Waals surface area contributed by atoms with Gasteiger partial charge in [-0.3, -0.25) is 4.79 Å². The highest BCUT2D eigenvalue weighted by Gasteiger charge is 2.34. The van der Waals surface area contributed by atoms with E-state index in [-0.39, 0.29) is 34.6 Å². The maximum atomic E-state index is 12.7. The van der Waals surface area contributed by atoms with Crippen molar-refractivity contribution in [3.8, 4) is 6.07 Å². The van der Waals surface area contributed by atoms with E-state index < -0.39 is 15.9 Å². The van der Waals surface area contributed by atoms with Crippen molar-refractivity contribution in [2.75, 3.05) is 19.7 Å². The zero-order valence-electron chi connectivity index (χ0n) is 12.7. The summed E-state index contributed by atoms with van der Waals surface area (Å²) in [5, 5.41) is 8.95. The topological polar surface area (TPSA) is 87.5 Å². The molecule has 0 amide bonds. The number of halogens is 1. The molecular formula is C15H17ClN2O4S. The molecule has 0 radical (unpaired) electrons. The molecular weight excluding hydrogens is 340 g/mol. The molecule has 1 aliphatic heterocycles. The Kier molecular flexibility index (Phi) is 5.63. The molecule has 0 bridgehead atoms. The lowest BCUT2D eigenvalue weighted by Gasteiger charge is -2.30. The van der Waals surface area contributed by atoms with Crippen molar-refractivity contribution in [1.29, 1.82) is 5.26 Å². The van der Waals surface area contributed by atoms with Crippen LogP contribution in [0, 0.1) is 17.2 Å². The summed E-state index contributed by atoms with van der Waals surface area (Å²) in [7, 11) is -3.76. The molecule has 1 atom stereocenters. The lowest BCUT2D eigenvalue weighted by atomic mass is 10.0. The van der Waals surface area contributed by atoms with Crippen LogP contribution in [-0.4, -0.2) is 38.4 Å². The molecule has 0 aliphatic carbocycles. The fraction of sp³-hybridized carbons (Fsp3) is 0.467. The molecule has 1 heterocycles. The van der Waals surface area contributed by atoms with E-state index in [4.69, 9.17) is 21.6 Å². The molecule has 1 aliphatic rings. The third-order valence-electron chi connectivity index (χ3n) is 3.70. The standard InChI is InChI=1S/C15H17ClN2O4S/c1-2-22-15(19)12-4-3-7-18(10-12)23(20,21)13-6-5-11(9-17)14(16)8-13/h5-6,8,12H,2-4,7,10H2,1H3. The van der Waals surface area contributed by atoms with Crippen molar-refractivity contribution < 1.29 is 17.9 Å². The number of benzene rings is 1. The van der Waals surface area contributed by atoms with Gasteiger partial charge in [0.15, 0.2) is 0 Å². The van der Waals surface area contributed by atoms with Crippen molar-refractivity contribution in [2.45, 2.75) is 24.7 Å². The van der Waals surface area contributed by atoms with E-state index in [0.717, 1.165) is 0 Å². The minimum absolute atomic E-state index is 0.0195. The molecule has 0 aromatic heterocycles. The van der Waals surface area contributed by atoms with Gasteiger partial charge in [0.2, 0.25) is 10.0 Å². The zero-order valence-corrected chi connectivity index (χ0v) is 14.2. The van der Waals surface area contributed by atoms with Gasteiger partial charge in [0.25, 0.3) is 0 Å². The second-order valence-corrected chi connectivity index (χ2v) is 7.55. The number of hydrogen-bond acceptors (Lipinski definition) is 5. The van der Waals surface area contributed by atoms with Crippen LogP contribution in [0.25, 0.3) is 0 Å². The number of nitriles is 1. The Balaban J connectivity index is 2.24. The summed E-state index contributed by atoms with van der Waals surface area (Å²) in [6.45, 7) is 2.43. The highest BCUT2D eigenvalue weighted by Crippen LogP contribution is 2.27. The lowest BCUT2D eigenvalue weighted by Crippen LogP contribution is -2.42. The summed E-state index contributed by atoms with van der Waals surface area (Å²) < 4.78 is 31.6. The summed E-state index contributed by atoms with van der Waals surface area (Å²) >= 11 is 5.92. The molecule has 124 valence electrons. The van der Waals surface area contributed by atoms with Crippen molar-refractivity contribution >= 4 is 27.6 Å². The highest BCUT2D eigenvalue weighted by molar-refractivity contribution is 7.89. The maximum absolute atomic E-state index is 12.7. The second-order valence-electron chi connectivity index (χ2n) is 5.21. The monoisotopic (exact) mass is 356 g/mol. The Bertz CT molecular complexity index is 742. The van der Waals surface area contributed by atoms with Gasteiger partial charge in [-0.25, -0.2) is 8.42 Å². The molecule has 0 N–H and O–H groups in total. The number of nitrogens with zero attached hydrogens (tertiary/aromatic N) is 2.